The van der Waals surface area contributed by atoms with Crippen molar-refractivity contribution in [2.24, 2.45) is 5.92 Å². The van der Waals surface area contributed by atoms with Crippen LogP contribution in [0.1, 0.15) is 26.0 Å². The van der Waals surface area contributed by atoms with Crippen molar-refractivity contribution in [3.8, 4) is 5.75 Å². The highest BCUT2D eigenvalue weighted by molar-refractivity contribution is 5.46. The number of aromatic nitrogens is 1. The first kappa shape index (κ1) is 13.8. The highest BCUT2D eigenvalue weighted by Gasteiger charge is 2.01. The number of ether oxygens (including phenoxy) is 2. The Morgan fingerprint density at radius 2 is 2.00 bits per heavy atom. The van der Waals surface area contributed by atoms with Crippen LogP contribution in [0.2, 0.25) is 0 Å². The quantitative estimate of drug-likeness (QED) is 0.741. The van der Waals surface area contributed by atoms with Gasteiger partial charge in [-0.3, -0.25) is 0 Å². The first-order chi connectivity index (χ1) is 8.09. The maximum absolute atomic E-state index is 5.73. The molecule has 0 saturated heterocycles. The fourth-order valence-corrected chi connectivity index (χ4v) is 1.32. The summed E-state index contributed by atoms with van der Waals surface area (Å²) in [5, 5.41) is 0. The van der Waals surface area contributed by atoms with Gasteiger partial charge >= 0.3 is 0 Å². The van der Waals surface area contributed by atoms with Gasteiger partial charge in [-0.2, -0.15) is 0 Å². The van der Waals surface area contributed by atoms with Crippen molar-refractivity contribution in [2.45, 2.75) is 27.2 Å². The number of nitrogen functional groups attached to an aromatic ring is 1. The van der Waals surface area contributed by atoms with E-state index in [1.807, 2.05) is 19.1 Å². The van der Waals surface area contributed by atoms with Crippen LogP contribution in [0.25, 0.3) is 0 Å². The minimum Gasteiger partial charge on any atom is -0.487 e. The standard InChI is InChI=1S/C13H22N2O2/c1-10(2)6-7-16-8-9-17-12-5-4-11(3)15-13(12)14/h4-5,10H,6-9H2,1-3H3,(H2,14,15). The third kappa shape index (κ3) is 5.54. The molecular formula is C13H22N2O2. The largest absolute Gasteiger partial charge is 0.487 e. The molecule has 17 heavy (non-hydrogen) atoms. The number of nitrogens with two attached hydrogens (primary N) is 1. The Labute approximate surface area is 103 Å². The average Bonchev–Trinajstić information content (AvgIpc) is 2.25. The van der Waals surface area contributed by atoms with Gasteiger partial charge in [0.05, 0.1) is 6.61 Å². The zero-order chi connectivity index (χ0) is 12.7. The van der Waals surface area contributed by atoms with Gasteiger partial charge in [-0.15, -0.1) is 0 Å². The van der Waals surface area contributed by atoms with Crippen molar-refractivity contribution in [1.82, 2.24) is 4.98 Å². The van der Waals surface area contributed by atoms with E-state index in [-0.39, 0.29) is 0 Å². The van der Waals surface area contributed by atoms with Gasteiger partial charge in [0, 0.05) is 12.3 Å². The van der Waals surface area contributed by atoms with Gasteiger partial charge in [0.1, 0.15) is 6.61 Å². The SMILES string of the molecule is Cc1ccc(OCCOCCC(C)C)c(N)n1. The molecule has 0 spiro atoms. The summed E-state index contributed by atoms with van der Waals surface area (Å²) >= 11 is 0. The molecule has 2 N–H and O–H groups in total. The molecule has 1 rings (SSSR count). The molecule has 4 nitrogen and oxygen atoms in total. The summed E-state index contributed by atoms with van der Waals surface area (Å²) in [6, 6.07) is 3.72. The van der Waals surface area contributed by atoms with Crippen molar-refractivity contribution in [2.75, 3.05) is 25.6 Å². The predicted octanol–water partition coefficient (Wildman–Crippen LogP) is 2.41. The van der Waals surface area contributed by atoms with Crippen molar-refractivity contribution < 1.29 is 9.47 Å². The van der Waals surface area contributed by atoms with Crippen LogP contribution in [0.5, 0.6) is 5.75 Å². The van der Waals surface area contributed by atoms with Gasteiger partial charge in [-0.1, -0.05) is 13.8 Å². The average molecular weight is 238 g/mol. The Kier molecular flexibility index (Phi) is 5.77. The highest BCUT2D eigenvalue weighted by Crippen LogP contribution is 2.18. The summed E-state index contributed by atoms with van der Waals surface area (Å²) in [6.45, 7) is 8.13. The van der Waals surface area contributed by atoms with E-state index in [0.717, 1.165) is 18.7 Å². The van der Waals surface area contributed by atoms with E-state index < -0.39 is 0 Å². The first-order valence-corrected chi connectivity index (χ1v) is 6.03. The second-order valence-electron chi connectivity index (χ2n) is 4.48. The van der Waals surface area contributed by atoms with E-state index in [9.17, 15) is 0 Å². The molecule has 96 valence electrons. The predicted molar refractivity (Wildman–Crippen MR) is 69.2 cm³/mol. The van der Waals surface area contributed by atoms with Gasteiger partial charge in [-0.25, -0.2) is 4.98 Å². The Morgan fingerprint density at radius 3 is 2.65 bits per heavy atom. The van der Waals surface area contributed by atoms with Crippen LogP contribution in [-0.4, -0.2) is 24.8 Å². The highest BCUT2D eigenvalue weighted by atomic mass is 16.5. The van der Waals surface area contributed by atoms with Crippen molar-refractivity contribution in [3.63, 3.8) is 0 Å². The summed E-state index contributed by atoms with van der Waals surface area (Å²) in [6.07, 6.45) is 1.08. The van der Waals surface area contributed by atoms with Crippen molar-refractivity contribution in [1.29, 1.82) is 0 Å². The lowest BCUT2D eigenvalue weighted by molar-refractivity contribution is 0.0927. The molecule has 0 atom stereocenters. The lowest BCUT2D eigenvalue weighted by Gasteiger charge is -2.09. The topological polar surface area (TPSA) is 57.4 Å². The van der Waals surface area contributed by atoms with Crippen LogP contribution in [0.3, 0.4) is 0 Å². The number of rotatable bonds is 7. The van der Waals surface area contributed by atoms with Crippen LogP contribution < -0.4 is 10.5 Å². The molecule has 0 aromatic carbocycles. The minimum atomic E-state index is 0.437. The third-order valence-electron chi connectivity index (χ3n) is 2.35. The molecule has 1 aromatic rings. The second kappa shape index (κ2) is 7.12. The molecule has 1 heterocycles. The molecule has 0 unspecified atom stereocenters. The Morgan fingerprint density at radius 1 is 1.24 bits per heavy atom. The molecule has 0 aliphatic heterocycles. The van der Waals surface area contributed by atoms with Crippen molar-refractivity contribution >= 4 is 5.82 Å². The number of pyridine rings is 1. The number of aryl methyl sites for hydroxylation is 1. The van der Waals surface area contributed by atoms with E-state index >= 15 is 0 Å². The molecule has 0 radical (unpaired) electrons. The van der Waals surface area contributed by atoms with Crippen LogP contribution in [0.4, 0.5) is 5.82 Å². The molecule has 4 heteroatoms. The third-order valence-corrected chi connectivity index (χ3v) is 2.35. The summed E-state index contributed by atoms with van der Waals surface area (Å²) in [5.74, 6) is 1.74. The Hall–Kier alpha value is -1.29. The van der Waals surface area contributed by atoms with Gasteiger partial charge in [0.25, 0.3) is 0 Å². The minimum absolute atomic E-state index is 0.437. The van der Waals surface area contributed by atoms with E-state index in [1.54, 1.807) is 0 Å². The fraction of sp³-hybridized carbons (Fsp3) is 0.615. The fourth-order valence-electron chi connectivity index (χ4n) is 1.32. The van der Waals surface area contributed by atoms with E-state index in [2.05, 4.69) is 18.8 Å². The lowest BCUT2D eigenvalue weighted by atomic mass is 10.1. The van der Waals surface area contributed by atoms with E-state index in [4.69, 9.17) is 15.2 Å². The van der Waals surface area contributed by atoms with Crippen LogP contribution >= 0.6 is 0 Å². The summed E-state index contributed by atoms with van der Waals surface area (Å²) < 4.78 is 10.9. The van der Waals surface area contributed by atoms with Gasteiger partial charge < -0.3 is 15.2 Å². The second-order valence-corrected chi connectivity index (χ2v) is 4.48. The molecule has 0 aliphatic rings. The number of hydrogen-bond donors (Lipinski definition) is 1. The molecule has 0 saturated carbocycles. The van der Waals surface area contributed by atoms with Crippen molar-refractivity contribution in [3.05, 3.63) is 17.8 Å². The molecule has 0 bridgehead atoms. The van der Waals surface area contributed by atoms with Gasteiger partial charge in [0.15, 0.2) is 11.6 Å². The van der Waals surface area contributed by atoms with E-state index in [1.165, 1.54) is 0 Å². The summed E-state index contributed by atoms with van der Waals surface area (Å²) in [4.78, 5) is 4.12. The summed E-state index contributed by atoms with van der Waals surface area (Å²) in [7, 11) is 0. The Balaban J connectivity index is 2.18. The first-order valence-electron chi connectivity index (χ1n) is 6.03. The lowest BCUT2D eigenvalue weighted by Crippen LogP contribution is -2.10. The maximum Gasteiger partial charge on any atom is 0.166 e. The number of hydrogen-bond acceptors (Lipinski definition) is 4. The molecule has 0 amide bonds. The number of anilines is 1. The van der Waals surface area contributed by atoms with E-state index in [0.29, 0.717) is 30.7 Å². The molecule has 0 aliphatic carbocycles. The molecular weight excluding hydrogens is 216 g/mol. The monoisotopic (exact) mass is 238 g/mol. The van der Waals surface area contributed by atoms with Gasteiger partial charge in [-0.05, 0) is 31.4 Å². The maximum atomic E-state index is 5.73. The Bertz CT molecular complexity index is 340. The zero-order valence-electron chi connectivity index (χ0n) is 10.9. The van der Waals surface area contributed by atoms with Crippen LogP contribution in [0.15, 0.2) is 12.1 Å². The number of nitrogens with zero attached hydrogens (tertiary/aromatic N) is 1. The molecule has 0 fully saturated rings. The summed E-state index contributed by atoms with van der Waals surface area (Å²) in [5.41, 5.74) is 6.62. The smallest absolute Gasteiger partial charge is 0.166 e. The normalized spacial score (nSPS) is 10.8. The van der Waals surface area contributed by atoms with Crippen LogP contribution in [-0.2, 0) is 4.74 Å². The molecule has 1 aromatic heterocycles. The zero-order valence-corrected chi connectivity index (χ0v) is 10.9. The van der Waals surface area contributed by atoms with Crippen LogP contribution in [0, 0.1) is 12.8 Å². The van der Waals surface area contributed by atoms with Gasteiger partial charge in [0.2, 0.25) is 0 Å².